The number of hydrogen-bond donors (Lipinski definition) is 2. The number of nitrogens with zero attached hydrogens (tertiary/aromatic N) is 1. The molecule has 2 N–H and O–H groups in total. The fourth-order valence-corrected chi connectivity index (χ4v) is 2.16. The minimum atomic E-state index is -0.111. The van der Waals surface area contributed by atoms with Gasteiger partial charge in [0.1, 0.15) is 5.75 Å². The minimum absolute atomic E-state index is 0.0929. The quantitative estimate of drug-likeness (QED) is 0.806. The summed E-state index contributed by atoms with van der Waals surface area (Å²) >= 11 is 0. The molecule has 0 aromatic heterocycles. The van der Waals surface area contributed by atoms with Gasteiger partial charge in [-0.2, -0.15) is 0 Å². The summed E-state index contributed by atoms with van der Waals surface area (Å²) in [5.41, 5.74) is 1.12. The Hall–Kier alpha value is -1.55. The molecule has 0 spiro atoms. The van der Waals surface area contributed by atoms with E-state index in [4.69, 9.17) is 0 Å². The molecular weight excluding hydrogens is 216 g/mol. The Balaban J connectivity index is 2.21. The van der Waals surface area contributed by atoms with Crippen LogP contribution in [0.2, 0.25) is 0 Å². The second-order valence-electron chi connectivity index (χ2n) is 4.53. The van der Waals surface area contributed by atoms with Crippen molar-refractivity contribution in [2.45, 2.75) is 19.4 Å². The highest BCUT2D eigenvalue weighted by Crippen LogP contribution is 2.23. The Morgan fingerprint density at radius 1 is 1.53 bits per heavy atom. The summed E-state index contributed by atoms with van der Waals surface area (Å²) in [4.78, 5) is 14.0. The van der Waals surface area contributed by atoms with Crippen LogP contribution in [0.15, 0.2) is 18.2 Å². The van der Waals surface area contributed by atoms with Crippen LogP contribution in [0.4, 0.5) is 0 Å². The number of nitrogens with one attached hydrogen (secondary N) is 1. The molecule has 4 nitrogen and oxygen atoms in total. The van der Waals surface area contributed by atoms with E-state index in [0.29, 0.717) is 5.56 Å². The monoisotopic (exact) mass is 234 g/mol. The van der Waals surface area contributed by atoms with Gasteiger partial charge < -0.3 is 15.3 Å². The molecule has 1 aromatic carbocycles. The van der Waals surface area contributed by atoms with E-state index in [0.717, 1.165) is 25.1 Å². The highest BCUT2D eigenvalue weighted by molar-refractivity contribution is 5.97. The summed E-state index contributed by atoms with van der Waals surface area (Å²) in [5.74, 6) is -0.0183. The predicted molar refractivity (Wildman–Crippen MR) is 66.2 cm³/mol. The number of amides is 1. The van der Waals surface area contributed by atoms with Crippen LogP contribution in [0.1, 0.15) is 22.3 Å². The Morgan fingerprint density at radius 3 is 2.94 bits per heavy atom. The Kier molecular flexibility index (Phi) is 3.33. The van der Waals surface area contributed by atoms with Crippen LogP contribution < -0.4 is 5.32 Å². The molecule has 0 radical (unpaired) electrons. The van der Waals surface area contributed by atoms with Gasteiger partial charge in [-0.15, -0.1) is 0 Å². The van der Waals surface area contributed by atoms with Gasteiger partial charge >= 0.3 is 0 Å². The molecule has 1 aliphatic rings. The smallest absolute Gasteiger partial charge is 0.257 e. The van der Waals surface area contributed by atoms with Gasteiger partial charge in [0.15, 0.2) is 0 Å². The van der Waals surface area contributed by atoms with E-state index in [-0.39, 0.29) is 17.7 Å². The summed E-state index contributed by atoms with van der Waals surface area (Å²) in [7, 11) is 1.79. The molecule has 0 bridgehead atoms. The number of aryl methyl sites for hydroxylation is 1. The number of hydrogen-bond acceptors (Lipinski definition) is 3. The average molecular weight is 234 g/mol. The summed E-state index contributed by atoms with van der Waals surface area (Å²) in [5, 5.41) is 13.1. The number of carbonyl (C=O) groups excluding carboxylic acids is 1. The van der Waals surface area contributed by atoms with Gasteiger partial charge in [-0.1, -0.05) is 12.1 Å². The number of carbonyl (C=O) groups is 1. The van der Waals surface area contributed by atoms with Crippen molar-refractivity contribution in [3.8, 4) is 5.75 Å². The van der Waals surface area contributed by atoms with Crippen molar-refractivity contribution in [1.29, 1.82) is 0 Å². The van der Waals surface area contributed by atoms with Gasteiger partial charge in [-0.3, -0.25) is 4.79 Å². The summed E-state index contributed by atoms with van der Waals surface area (Å²) in [6, 6.07) is 5.48. The van der Waals surface area contributed by atoms with Gasteiger partial charge in [0.05, 0.1) is 5.56 Å². The summed E-state index contributed by atoms with van der Waals surface area (Å²) < 4.78 is 0. The molecular formula is C13H18N2O2. The number of para-hydroxylation sites is 1. The second kappa shape index (κ2) is 4.75. The second-order valence-corrected chi connectivity index (χ2v) is 4.53. The van der Waals surface area contributed by atoms with Crippen molar-refractivity contribution >= 4 is 5.91 Å². The van der Waals surface area contributed by atoms with E-state index < -0.39 is 0 Å². The van der Waals surface area contributed by atoms with E-state index in [2.05, 4.69) is 5.32 Å². The van der Waals surface area contributed by atoms with E-state index in [1.807, 2.05) is 0 Å². The number of aromatic hydroxyl groups is 1. The van der Waals surface area contributed by atoms with E-state index >= 15 is 0 Å². The predicted octanol–water partition coefficient (Wildman–Crippen LogP) is 1.13. The first-order valence-corrected chi connectivity index (χ1v) is 5.87. The van der Waals surface area contributed by atoms with Crippen molar-refractivity contribution < 1.29 is 9.90 Å². The highest BCUT2D eigenvalue weighted by atomic mass is 16.3. The molecule has 1 aromatic rings. The van der Waals surface area contributed by atoms with Crippen LogP contribution in [-0.2, 0) is 0 Å². The lowest BCUT2D eigenvalue weighted by atomic mass is 10.1. The molecule has 0 saturated carbocycles. The van der Waals surface area contributed by atoms with Crippen LogP contribution >= 0.6 is 0 Å². The summed E-state index contributed by atoms with van der Waals surface area (Å²) in [6.45, 7) is 3.57. The molecule has 17 heavy (non-hydrogen) atoms. The zero-order valence-corrected chi connectivity index (χ0v) is 10.2. The van der Waals surface area contributed by atoms with Gasteiger partial charge in [0, 0.05) is 19.6 Å². The standard InChI is InChI=1S/C13H18N2O2/c1-9-4-3-5-11(12(9)16)13(17)15(2)10-6-7-14-8-10/h3-5,10,14,16H,6-8H2,1-2H3. The Bertz CT molecular complexity index is 425. The van der Waals surface area contributed by atoms with E-state index in [1.165, 1.54) is 0 Å². The van der Waals surface area contributed by atoms with Crippen LogP contribution in [0.3, 0.4) is 0 Å². The first-order valence-electron chi connectivity index (χ1n) is 5.87. The number of likely N-dealkylation sites (N-methyl/N-ethyl adjacent to an activating group) is 1. The molecule has 1 aliphatic heterocycles. The molecule has 92 valence electrons. The number of phenols is 1. The van der Waals surface area contributed by atoms with Crippen molar-refractivity contribution in [3.63, 3.8) is 0 Å². The van der Waals surface area contributed by atoms with Crippen LogP contribution in [-0.4, -0.2) is 42.1 Å². The lowest BCUT2D eigenvalue weighted by Crippen LogP contribution is -2.38. The summed E-state index contributed by atoms with van der Waals surface area (Å²) in [6.07, 6.45) is 0.967. The van der Waals surface area contributed by atoms with Gasteiger partial charge in [0.25, 0.3) is 5.91 Å². The van der Waals surface area contributed by atoms with Crippen molar-refractivity contribution in [3.05, 3.63) is 29.3 Å². The molecule has 1 saturated heterocycles. The maximum Gasteiger partial charge on any atom is 0.257 e. The molecule has 1 fully saturated rings. The van der Waals surface area contributed by atoms with E-state index in [1.54, 1.807) is 37.1 Å². The van der Waals surface area contributed by atoms with Gasteiger partial charge in [-0.25, -0.2) is 0 Å². The molecule has 4 heteroatoms. The third-order valence-electron chi connectivity index (χ3n) is 3.37. The highest BCUT2D eigenvalue weighted by Gasteiger charge is 2.25. The lowest BCUT2D eigenvalue weighted by molar-refractivity contribution is 0.0740. The number of rotatable bonds is 2. The SMILES string of the molecule is Cc1cccc(C(=O)N(C)C2CCNC2)c1O. The maximum absolute atomic E-state index is 12.2. The van der Waals surface area contributed by atoms with Crippen molar-refractivity contribution in [2.24, 2.45) is 0 Å². The fourth-order valence-electron chi connectivity index (χ4n) is 2.16. The molecule has 1 amide bonds. The van der Waals surface area contributed by atoms with E-state index in [9.17, 15) is 9.90 Å². The van der Waals surface area contributed by atoms with Gasteiger partial charge in [-0.05, 0) is 31.5 Å². The number of phenolic OH excluding ortho intramolecular Hbond substituents is 1. The maximum atomic E-state index is 12.2. The molecule has 1 unspecified atom stereocenters. The molecule has 0 aliphatic carbocycles. The minimum Gasteiger partial charge on any atom is -0.507 e. The lowest BCUT2D eigenvalue weighted by Gasteiger charge is -2.24. The molecule has 1 atom stereocenters. The zero-order chi connectivity index (χ0) is 12.4. The van der Waals surface area contributed by atoms with Crippen LogP contribution in [0.25, 0.3) is 0 Å². The number of benzene rings is 1. The zero-order valence-electron chi connectivity index (χ0n) is 10.2. The fraction of sp³-hybridized carbons (Fsp3) is 0.462. The Labute approximate surface area is 101 Å². The van der Waals surface area contributed by atoms with Gasteiger partial charge in [0.2, 0.25) is 0 Å². The van der Waals surface area contributed by atoms with Crippen LogP contribution in [0.5, 0.6) is 5.75 Å². The third-order valence-corrected chi connectivity index (χ3v) is 3.37. The topological polar surface area (TPSA) is 52.6 Å². The first-order chi connectivity index (χ1) is 8.11. The third kappa shape index (κ3) is 2.26. The average Bonchev–Trinajstić information content (AvgIpc) is 2.84. The van der Waals surface area contributed by atoms with Crippen molar-refractivity contribution in [2.75, 3.05) is 20.1 Å². The van der Waals surface area contributed by atoms with Crippen molar-refractivity contribution in [1.82, 2.24) is 10.2 Å². The first kappa shape index (κ1) is 11.9. The largest absolute Gasteiger partial charge is 0.507 e. The molecule has 2 rings (SSSR count). The Morgan fingerprint density at radius 2 is 2.29 bits per heavy atom. The van der Waals surface area contributed by atoms with Crippen LogP contribution in [0, 0.1) is 6.92 Å². The normalized spacial score (nSPS) is 19.3. The molecule has 1 heterocycles.